The third-order valence-corrected chi connectivity index (χ3v) is 3.50. The van der Waals surface area contributed by atoms with Gasteiger partial charge in [-0.05, 0) is 31.4 Å². The van der Waals surface area contributed by atoms with Crippen LogP contribution in [0.3, 0.4) is 0 Å². The van der Waals surface area contributed by atoms with Crippen LogP contribution in [-0.2, 0) is 0 Å². The smallest absolute Gasteiger partial charge is 0.336 e. The molecule has 2 rings (SSSR count). The average Bonchev–Trinajstić information content (AvgIpc) is 2.77. The van der Waals surface area contributed by atoms with E-state index < -0.39 is 12.1 Å². The Bertz CT molecular complexity index is 538. The third-order valence-electron chi connectivity index (χ3n) is 3.50. The SMILES string of the molecule is Cc1ccc(C)c(C(=O)N2CCC(O)C2)c1C(=O)O. The second-order valence-electron chi connectivity index (χ2n) is 4.95. The number of aromatic carboxylic acids is 1. The van der Waals surface area contributed by atoms with Crippen molar-refractivity contribution in [2.45, 2.75) is 26.4 Å². The van der Waals surface area contributed by atoms with E-state index in [9.17, 15) is 19.8 Å². The van der Waals surface area contributed by atoms with Crippen LogP contribution < -0.4 is 0 Å². The van der Waals surface area contributed by atoms with E-state index in [4.69, 9.17) is 0 Å². The van der Waals surface area contributed by atoms with E-state index in [-0.39, 0.29) is 23.6 Å². The number of likely N-dealkylation sites (tertiary alicyclic amines) is 1. The number of aliphatic hydroxyl groups excluding tert-OH is 1. The van der Waals surface area contributed by atoms with Gasteiger partial charge >= 0.3 is 5.97 Å². The number of carbonyl (C=O) groups excluding carboxylic acids is 1. The van der Waals surface area contributed by atoms with E-state index in [0.717, 1.165) is 0 Å². The zero-order valence-electron chi connectivity index (χ0n) is 11.0. The van der Waals surface area contributed by atoms with E-state index in [1.54, 1.807) is 26.0 Å². The number of aryl methyl sites for hydroxylation is 2. The normalized spacial score (nSPS) is 18.7. The number of β-amino-alcohol motifs (C(OH)–C–C–N with tert-alkyl or cyclic N) is 1. The molecule has 1 saturated heterocycles. The molecule has 0 aliphatic carbocycles. The number of benzene rings is 1. The van der Waals surface area contributed by atoms with Gasteiger partial charge in [-0.2, -0.15) is 0 Å². The highest BCUT2D eigenvalue weighted by molar-refractivity contribution is 6.06. The van der Waals surface area contributed by atoms with Crippen molar-refractivity contribution >= 4 is 11.9 Å². The number of amides is 1. The lowest BCUT2D eigenvalue weighted by molar-refractivity contribution is 0.0676. The molecule has 0 saturated carbocycles. The second kappa shape index (κ2) is 5.01. The lowest BCUT2D eigenvalue weighted by Crippen LogP contribution is -2.31. The number of hydrogen-bond acceptors (Lipinski definition) is 3. The van der Waals surface area contributed by atoms with Crippen LogP contribution in [0, 0.1) is 13.8 Å². The van der Waals surface area contributed by atoms with Crippen LogP contribution in [0.5, 0.6) is 0 Å². The van der Waals surface area contributed by atoms with Crippen molar-refractivity contribution in [3.05, 3.63) is 34.4 Å². The summed E-state index contributed by atoms with van der Waals surface area (Å²) in [6, 6.07) is 3.45. The van der Waals surface area contributed by atoms with Crippen LogP contribution in [0.2, 0.25) is 0 Å². The summed E-state index contributed by atoms with van der Waals surface area (Å²) in [6.45, 7) is 4.14. The molecule has 0 bridgehead atoms. The van der Waals surface area contributed by atoms with Crippen molar-refractivity contribution in [3.8, 4) is 0 Å². The van der Waals surface area contributed by atoms with Crippen LogP contribution in [0.15, 0.2) is 12.1 Å². The largest absolute Gasteiger partial charge is 0.478 e. The summed E-state index contributed by atoms with van der Waals surface area (Å²) < 4.78 is 0. The highest BCUT2D eigenvalue weighted by Crippen LogP contribution is 2.22. The molecule has 0 aromatic heterocycles. The molecule has 0 radical (unpaired) electrons. The summed E-state index contributed by atoms with van der Waals surface area (Å²) in [7, 11) is 0. The van der Waals surface area contributed by atoms with Gasteiger partial charge in [0.2, 0.25) is 0 Å². The van der Waals surface area contributed by atoms with Gasteiger partial charge in [-0.1, -0.05) is 12.1 Å². The molecule has 1 aliphatic heterocycles. The Hall–Kier alpha value is -1.88. The van der Waals surface area contributed by atoms with Gasteiger partial charge in [-0.25, -0.2) is 4.79 Å². The average molecular weight is 263 g/mol. The lowest BCUT2D eigenvalue weighted by atomic mass is 9.96. The topological polar surface area (TPSA) is 77.8 Å². The third kappa shape index (κ3) is 2.46. The fraction of sp³-hybridized carbons (Fsp3) is 0.429. The lowest BCUT2D eigenvalue weighted by Gasteiger charge is -2.19. The molecule has 1 fully saturated rings. The first-order valence-corrected chi connectivity index (χ1v) is 6.22. The maximum atomic E-state index is 12.4. The van der Waals surface area contributed by atoms with Gasteiger partial charge in [0.05, 0.1) is 17.2 Å². The van der Waals surface area contributed by atoms with Gasteiger partial charge in [0, 0.05) is 13.1 Å². The summed E-state index contributed by atoms with van der Waals surface area (Å²) in [5, 5.41) is 18.8. The monoisotopic (exact) mass is 263 g/mol. The van der Waals surface area contributed by atoms with Gasteiger partial charge in [0.1, 0.15) is 0 Å². The van der Waals surface area contributed by atoms with Crippen molar-refractivity contribution in [3.63, 3.8) is 0 Å². The fourth-order valence-corrected chi connectivity index (χ4v) is 2.45. The minimum atomic E-state index is -1.09. The highest BCUT2D eigenvalue weighted by Gasteiger charge is 2.29. The molecule has 0 spiro atoms. The predicted octanol–water partition coefficient (Wildman–Crippen LogP) is 1.21. The molecule has 1 heterocycles. The number of hydrogen-bond donors (Lipinski definition) is 2. The minimum absolute atomic E-state index is 0.0615. The number of carboxylic acids is 1. The predicted molar refractivity (Wildman–Crippen MR) is 69.4 cm³/mol. The minimum Gasteiger partial charge on any atom is -0.478 e. The van der Waals surface area contributed by atoms with Gasteiger partial charge in [-0.3, -0.25) is 4.79 Å². The Labute approximate surface area is 111 Å². The summed E-state index contributed by atoms with van der Waals surface area (Å²) in [4.78, 5) is 25.3. The Balaban J connectivity index is 2.46. The van der Waals surface area contributed by atoms with Crippen molar-refractivity contribution in [2.24, 2.45) is 0 Å². The molecule has 1 aromatic rings. The van der Waals surface area contributed by atoms with Gasteiger partial charge in [0.25, 0.3) is 5.91 Å². The summed E-state index contributed by atoms with van der Waals surface area (Å²) in [5.74, 6) is -1.40. The molecule has 1 atom stereocenters. The van der Waals surface area contributed by atoms with E-state index in [1.807, 2.05) is 0 Å². The Morgan fingerprint density at radius 2 is 1.79 bits per heavy atom. The Kier molecular flexibility index (Phi) is 3.57. The highest BCUT2D eigenvalue weighted by atomic mass is 16.4. The molecule has 19 heavy (non-hydrogen) atoms. The van der Waals surface area contributed by atoms with Crippen LogP contribution >= 0.6 is 0 Å². The standard InChI is InChI=1S/C14H17NO4/c1-8-3-4-9(2)12(14(18)19)11(8)13(17)15-6-5-10(16)7-15/h3-4,10,16H,5-7H2,1-2H3,(H,18,19). The molecular weight excluding hydrogens is 246 g/mol. The molecular formula is C14H17NO4. The summed E-state index contributed by atoms with van der Waals surface area (Å²) in [5.41, 5.74) is 1.52. The quantitative estimate of drug-likeness (QED) is 0.840. The first-order chi connectivity index (χ1) is 8.91. The molecule has 2 N–H and O–H groups in total. The van der Waals surface area contributed by atoms with Crippen LogP contribution in [0.25, 0.3) is 0 Å². The number of carboxylic acid groups (broad SMARTS) is 1. The van der Waals surface area contributed by atoms with Crippen molar-refractivity contribution in [2.75, 3.05) is 13.1 Å². The second-order valence-corrected chi connectivity index (χ2v) is 4.95. The number of aliphatic hydroxyl groups is 1. The first kappa shape index (κ1) is 13.5. The van der Waals surface area contributed by atoms with Crippen molar-refractivity contribution < 1.29 is 19.8 Å². The first-order valence-electron chi connectivity index (χ1n) is 6.22. The molecule has 1 aliphatic rings. The van der Waals surface area contributed by atoms with Crippen molar-refractivity contribution in [1.82, 2.24) is 4.90 Å². The molecule has 1 aromatic carbocycles. The van der Waals surface area contributed by atoms with Crippen LogP contribution in [0.1, 0.15) is 38.3 Å². The molecule has 5 heteroatoms. The molecule has 5 nitrogen and oxygen atoms in total. The van der Waals surface area contributed by atoms with Crippen LogP contribution in [0.4, 0.5) is 0 Å². The molecule has 1 amide bonds. The van der Waals surface area contributed by atoms with E-state index in [0.29, 0.717) is 24.1 Å². The van der Waals surface area contributed by atoms with E-state index >= 15 is 0 Å². The van der Waals surface area contributed by atoms with Gasteiger partial charge < -0.3 is 15.1 Å². The maximum absolute atomic E-state index is 12.4. The Morgan fingerprint density at radius 1 is 1.21 bits per heavy atom. The number of nitrogens with zero attached hydrogens (tertiary/aromatic N) is 1. The molecule has 1 unspecified atom stereocenters. The van der Waals surface area contributed by atoms with Gasteiger partial charge in [0.15, 0.2) is 0 Å². The van der Waals surface area contributed by atoms with E-state index in [2.05, 4.69) is 0 Å². The van der Waals surface area contributed by atoms with Gasteiger partial charge in [-0.15, -0.1) is 0 Å². The van der Waals surface area contributed by atoms with Crippen LogP contribution in [-0.4, -0.2) is 46.2 Å². The fourth-order valence-electron chi connectivity index (χ4n) is 2.45. The Morgan fingerprint density at radius 3 is 2.26 bits per heavy atom. The molecule has 102 valence electrons. The number of rotatable bonds is 2. The van der Waals surface area contributed by atoms with E-state index in [1.165, 1.54) is 4.90 Å². The summed E-state index contributed by atoms with van der Waals surface area (Å²) >= 11 is 0. The zero-order valence-corrected chi connectivity index (χ0v) is 11.0. The van der Waals surface area contributed by atoms with Crippen molar-refractivity contribution in [1.29, 1.82) is 0 Å². The maximum Gasteiger partial charge on any atom is 0.336 e. The summed E-state index contributed by atoms with van der Waals surface area (Å²) in [6.07, 6.45) is 0.0290. The number of carbonyl (C=O) groups is 2. The zero-order chi connectivity index (χ0) is 14.2.